The summed E-state index contributed by atoms with van der Waals surface area (Å²) >= 11 is 0. The summed E-state index contributed by atoms with van der Waals surface area (Å²) in [5, 5.41) is 18.1. The van der Waals surface area contributed by atoms with Crippen LogP contribution in [0.1, 0.15) is 54.9 Å². The Balaban J connectivity index is 1.34. The highest BCUT2D eigenvalue weighted by atomic mass is 16.3. The van der Waals surface area contributed by atoms with Crippen molar-refractivity contribution in [1.29, 1.82) is 0 Å². The predicted molar refractivity (Wildman–Crippen MR) is 110 cm³/mol. The Kier molecular flexibility index (Phi) is 3.97. The van der Waals surface area contributed by atoms with E-state index in [9.17, 15) is 5.11 Å². The van der Waals surface area contributed by atoms with E-state index in [0.717, 1.165) is 47.2 Å². The summed E-state index contributed by atoms with van der Waals surface area (Å²) in [6.07, 6.45) is 8.38. The average Bonchev–Trinajstić information content (AvgIpc) is 3.45. The number of aliphatic hydroxyl groups is 1. The number of benzene rings is 1. The molecule has 3 heterocycles. The summed E-state index contributed by atoms with van der Waals surface area (Å²) in [4.78, 5) is 9.60. The molecule has 3 aromatic rings. The van der Waals surface area contributed by atoms with Gasteiger partial charge in [0.15, 0.2) is 0 Å². The SMILES string of the molecule is NCC1CC(n2cc(-c3cnc4cc(C5NCC5O)ccc4n3)c(C3CC3)n2)C1. The van der Waals surface area contributed by atoms with Crippen LogP contribution in [0.4, 0.5) is 0 Å². The highest BCUT2D eigenvalue weighted by molar-refractivity contribution is 5.78. The van der Waals surface area contributed by atoms with Crippen LogP contribution in [0.15, 0.2) is 30.6 Å². The monoisotopic (exact) mass is 390 g/mol. The van der Waals surface area contributed by atoms with Crippen LogP contribution < -0.4 is 11.1 Å². The van der Waals surface area contributed by atoms with Gasteiger partial charge in [-0.15, -0.1) is 0 Å². The number of hydrogen-bond acceptors (Lipinski definition) is 6. The molecule has 150 valence electrons. The molecule has 0 spiro atoms. The van der Waals surface area contributed by atoms with Crippen molar-refractivity contribution in [1.82, 2.24) is 25.1 Å². The number of nitrogens with zero attached hydrogens (tertiary/aromatic N) is 4. The van der Waals surface area contributed by atoms with Gasteiger partial charge in [0.1, 0.15) is 0 Å². The smallest absolute Gasteiger partial charge is 0.0927 e. The van der Waals surface area contributed by atoms with E-state index >= 15 is 0 Å². The first-order chi connectivity index (χ1) is 14.2. The maximum absolute atomic E-state index is 9.90. The molecule has 2 atom stereocenters. The fourth-order valence-electron chi connectivity index (χ4n) is 4.59. The number of aliphatic hydroxyl groups excluding tert-OH is 1. The third kappa shape index (κ3) is 2.96. The molecule has 0 amide bonds. The topological polar surface area (TPSA) is 102 Å². The first-order valence-electron chi connectivity index (χ1n) is 10.7. The molecule has 7 nitrogen and oxygen atoms in total. The molecule has 1 aliphatic heterocycles. The van der Waals surface area contributed by atoms with Gasteiger partial charge in [0.2, 0.25) is 0 Å². The number of hydrogen-bond donors (Lipinski definition) is 3. The standard InChI is InChI=1S/C22H26N6O/c23-8-12-5-15(6-12)28-11-16(21(27-28)13-1-2-13)19-9-24-18-7-14(3-4-17(18)26-19)22-20(29)10-25-22/h3-4,7,9,11-13,15,20,22,25,29H,1-2,5-6,8,10,23H2. The normalized spacial score (nSPS) is 28.9. The van der Waals surface area contributed by atoms with E-state index in [1.54, 1.807) is 0 Å². The van der Waals surface area contributed by atoms with Gasteiger partial charge in [-0.25, -0.2) is 4.98 Å². The van der Waals surface area contributed by atoms with Crippen LogP contribution in [-0.2, 0) is 0 Å². The molecule has 0 bridgehead atoms. The lowest BCUT2D eigenvalue weighted by Crippen LogP contribution is -2.49. The summed E-state index contributed by atoms with van der Waals surface area (Å²) in [6, 6.07) is 6.53. The van der Waals surface area contributed by atoms with Crippen molar-refractivity contribution < 1.29 is 5.11 Å². The van der Waals surface area contributed by atoms with E-state index < -0.39 is 0 Å². The van der Waals surface area contributed by atoms with Crippen molar-refractivity contribution in [3.8, 4) is 11.3 Å². The van der Waals surface area contributed by atoms with Gasteiger partial charge in [-0.2, -0.15) is 5.10 Å². The first kappa shape index (κ1) is 17.5. The van der Waals surface area contributed by atoms with Crippen molar-refractivity contribution >= 4 is 11.0 Å². The van der Waals surface area contributed by atoms with Gasteiger partial charge in [-0.3, -0.25) is 9.67 Å². The highest BCUT2D eigenvalue weighted by Gasteiger charge is 2.35. The van der Waals surface area contributed by atoms with Gasteiger partial charge >= 0.3 is 0 Å². The molecular weight excluding hydrogens is 364 g/mol. The van der Waals surface area contributed by atoms with Crippen LogP contribution in [0.5, 0.6) is 0 Å². The average molecular weight is 390 g/mol. The summed E-state index contributed by atoms with van der Waals surface area (Å²) in [5.74, 6) is 1.19. The Bertz CT molecular complexity index is 1070. The maximum Gasteiger partial charge on any atom is 0.0927 e. The van der Waals surface area contributed by atoms with Crippen molar-refractivity contribution in [3.63, 3.8) is 0 Å². The molecule has 2 aliphatic carbocycles. The summed E-state index contributed by atoms with van der Waals surface area (Å²) < 4.78 is 2.15. The van der Waals surface area contributed by atoms with Gasteiger partial charge in [0, 0.05) is 24.2 Å². The van der Waals surface area contributed by atoms with E-state index in [-0.39, 0.29) is 12.1 Å². The molecule has 0 radical (unpaired) electrons. The molecular formula is C22H26N6O. The second-order valence-electron chi connectivity index (χ2n) is 8.87. The molecule has 2 unspecified atom stereocenters. The van der Waals surface area contributed by atoms with Crippen molar-refractivity contribution in [2.24, 2.45) is 11.7 Å². The van der Waals surface area contributed by atoms with E-state index in [1.165, 1.54) is 18.5 Å². The Labute approximate surface area is 169 Å². The van der Waals surface area contributed by atoms with Gasteiger partial charge in [-0.1, -0.05) is 6.07 Å². The van der Waals surface area contributed by atoms with Crippen molar-refractivity contribution in [2.45, 2.75) is 49.8 Å². The predicted octanol–water partition coefficient (Wildman–Crippen LogP) is 2.29. The van der Waals surface area contributed by atoms with Crippen LogP contribution in [0, 0.1) is 5.92 Å². The fourth-order valence-corrected chi connectivity index (χ4v) is 4.59. The van der Waals surface area contributed by atoms with Crippen molar-refractivity contribution in [2.75, 3.05) is 13.1 Å². The lowest BCUT2D eigenvalue weighted by Gasteiger charge is -2.34. The number of aromatic nitrogens is 4. The number of β-amino-alcohol motifs (C(OH)–C–C–N with tert-alkyl or cyclic N) is 1. The molecule has 29 heavy (non-hydrogen) atoms. The van der Waals surface area contributed by atoms with Crippen LogP contribution >= 0.6 is 0 Å². The molecule has 2 aromatic heterocycles. The van der Waals surface area contributed by atoms with Gasteiger partial charge in [-0.05, 0) is 55.8 Å². The molecule has 4 N–H and O–H groups in total. The number of nitrogens with one attached hydrogen (secondary N) is 1. The third-order valence-electron chi connectivity index (χ3n) is 6.78. The lowest BCUT2D eigenvalue weighted by atomic mass is 9.80. The van der Waals surface area contributed by atoms with Crippen LogP contribution in [-0.4, -0.2) is 44.0 Å². The molecule has 3 aliphatic rings. The minimum atomic E-state index is -0.322. The maximum atomic E-state index is 9.90. The Morgan fingerprint density at radius 1 is 1.21 bits per heavy atom. The molecule has 7 heteroatoms. The number of nitrogens with two attached hydrogens (primary N) is 1. The van der Waals surface area contributed by atoms with Gasteiger partial charge in [0.25, 0.3) is 0 Å². The van der Waals surface area contributed by atoms with Crippen LogP contribution in [0.2, 0.25) is 0 Å². The largest absolute Gasteiger partial charge is 0.390 e. The Morgan fingerprint density at radius 3 is 2.76 bits per heavy atom. The van der Waals surface area contributed by atoms with E-state index in [4.69, 9.17) is 20.8 Å². The highest BCUT2D eigenvalue weighted by Crippen LogP contribution is 2.45. The quantitative estimate of drug-likeness (QED) is 0.618. The Morgan fingerprint density at radius 2 is 2.07 bits per heavy atom. The zero-order valence-electron chi connectivity index (χ0n) is 16.3. The number of fused-ring (bicyclic) bond motifs is 1. The van der Waals surface area contributed by atoms with Gasteiger partial charge < -0.3 is 16.2 Å². The second kappa shape index (κ2) is 6.58. The summed E-state index contributed by atoms with van der Waals surface area (Å²) in [5.41, 5.74) is 11.8. The molecule has 1 saturated heterocycles. The second-order valence-corrected chi connectivity index (χ2v) is 8.87. The van der Waals surface area contributed by atoms with E-state index in [1.807, 2.05) is 24.4 Å². The molecule has 6 rings (SSSR count). The zero-order valence-corrected chi connectivity index (χ0v) is 16.3. The zero-order chi connectivity index (χ0) is 19.5. The third-order valence-corrected chi connectivity index (χ3v) is 6.78. The molecule has 1 aromatic carbocycles. The first-order valence-corrected chi connectivity index (χ1v) is 10.7. The van der Waals surface area contributed by atoms with Crippen LogP contribution in [0.25, 0.3) is 22.3 Å². The Hall–Kier alpha value is -2.35. The van der Waals surface area contributed by atoms with Crippen LogP contribution in [0.3, 0.4) is 0 Å². The van der Waals surface area contributed by atoms with E-state index in [0.29, 0.717) is 24.4 Å². The minimum Gasteiger partial charge on any atom is -0.390 e. The summed E-state index contributed by atoms with van der Waals surface area (Å²) in [6.45, 7) is 1.42. The van der Waals surface area contributed by atoms with Gasteiger partial charge in [0.05, 0.1) is 46.8 Å². The fraction of sp³-hybridized carbons (Fsp3) is 0.500. The lowest BCUT2D eigenvalue weighted by molar-refractivity contribution is 0.0612. The van der Waals surface area contributed by atoms with Crippen molar-refractivity contribution in [3.05, 3.63) is 41.9 Å². The minimum absolute atomic E-state index is 0.000371. The molecule has 3 fully saturated rings. The molecule has 2 saturated carbocycles. The summed E-state index contributed by atoms with van der Waals surface area (Å²) in [7, 11) is 0. The number of rotatable bonds is 5. The van der Waals surface area contributed by atoms with E-state index in [2.05, 4.69) is 16.2 Å².